The lowest BCUT2D eigenvalue weighted by Crippen LogP contribution is -2.45. The Labute approximate surface area is 283 Å². The summed E-state index contributed by atoms with van der Waals surface area (Å²) in [6.45, 7) is 13.5. The van der Waals surface area contributed by atoms with Crippen molar-refractivity contribution in [2.75, 3.05) is 12.4 Å². The van der Waals surface area contributed by atoms with E-state index in [0.717, 1.165) is 58.5 Å². The van der Waals surface area contributed by atoms with Crippen molar-refractivity contribution in [2.24, 2.45) is 0 Å². The average Bonchev–Trinajstić information content (AvgIpc) is 3.17. The van der Waals surface area contributed by atoms with E-state index in [1.807, 2.05) is 65.0 Å². The molecule has 1 aliphatic carbocycles. The number of benzene rings is 2. The maximum Gasteiger partial charge on any atom is 0.318 e. The lowest BCUT2D eigenvalue weighted by atomic mass is 9.86. The average molecular weight is 658 g/mol. The molecule has 2 heterocycles. The smallest absolute Gasteiger partial charge is 0.318 e. The Morgan fingerprint density at radius 1 is 1.10 bits per heavy atom. The van der Waals surface area contributed by atoms with Gasteiger partial charge in [0.1, 0.15) is 11.4 Å². The van der Waals surface area contributed by atoms with Crippen LogP contribution in [0, 0.1) is 5.82 Å². The molecule has 2 atom stereocenters. The van der Waals surface area contributed by atoms with Crippen LogP contribution in [0.25, 0.3) is 28.5 Å². The van der Waals surface area contributed by atoms with Crippen LogP contribution in [-0.2, 0) is 31.8 Å². The number of rotatable bonds is 7. The van der Waals surface area contributed by atoms with Crippen molar-refractivity contribution < 1.29 is 28.2 Å². The van der Waals surface area contributed by atoms with E-state index in [1.165, 1.54) is 17.7 Å². The lowest BCUT2D eigenvalue weighted by Gasteiger charge is -2.40. The summed E-state index contributed by atoms with van der Waals surface area (Å²) in [7, 11) is 1.59. The number of anilines is 1. The number of esters is 1. The molecular formula is C39H48FN3O5. The Bertz CT molecular complexity index is 1690. The van der Waals surface area contributed by atoms with Crippen molar-refractivity contribution >= 4 is 23.8 Å². The number of amides is 2. The van der Waals surface area contributed by atoms with Crippen LogP contribution in [0.5, 0.6) is 0 Å². The summed E-state index contributed by atoms with van der Waals surface area (Å²) in [6, 6.07) is 12.3. The molecule has 1 saturated heterocycles. The van der Waals surface area contributed by atoms with E-state index >= 15 is 0 Å². The predicted molar refractivity (Wildman–Crippen MR) is 187 cm³/mol. The van der Waals surface area contributed by atoms with Gasteiger partial charge in [-0.25, -0.2) is 9.18 Å². The minimum absolute atomic E-state index is 0.0555. The van der Waals surface area contributed by atoms with Gasteiger partial charge in [0, 0.05) is 30.3 Å². The second-order valence-corrected chi connectivity index (χ2v) is 14.4. The molecule has 1 aliphatic heterocycles. The Balaban J connectivity index is 1.62. The molecule has 3 aromatic rings. The predicted octanol–water partition coefficient (Wildman–Crippen LogP) is 8.57. The quantitative estimate of drug-likeness (QED) is 0.247. The van der Waals surface area contributed by atoms with Gasteiger partial charge in [0.2, 0.25) is 0 Å². The molecule has 2 aromatic carbocycles. The summed E-state index contributed by atoms with van der Waals surface area (Å²) in [5.41, 5.74) is 7.97. The molecule has 0 radical (unpaired) electrons. The number of fused-ring (bicyclic) bond motifs is 3. The number of aromatic nitrogens is 1. The molecule has 2 aliphatic rings. The number of aryl methyl sites for hydroxylation is 1. The third-order valence-electron chi connectivity index (χ3n) is 8.44. The topological polar surface area (TPSA) is 98.8 Å². The molecule has 2 N–H and O–H groups in total. The van der Waals surface area contributed by atoms with Crippen LogP contribution in [0.3, 0.4) is 0 Å². The van der Waals surface area contributed by atoms with Crippen LogP contribution < -0.4 is 10.6 Å². The van der Waals surface area contributed by atoms with Gasteiger partial charge in [0.25, 0.3) is 0 Å². The summed E-state index contributed by atoms with van der Waals surface area (Å²) >= 11 is 0. The first-order chi connectivity index (χ1) is 22.6. The van der Waals surface area contributed by atoms with Crippen LogP contribution in [-0.4, -0.2) is 47.6 Å². The van der Waals surface area contributed by atoms with E-state index in [1.54, 1.807) is 7.05 Å². The molecule has 0 bridgehead atoms. The molecule has 0 spiro atoms. The SMILES string of the molecule is CNC(=O)Nc1ccc2c(c1)-c1nc(C(C)C)c(/C=C/[C@@H]3C[C@H](CC(=O)OC(C)(C)C)OC(C)(C)O3)c(-c3ccc(F)cc3)c1CCC2. The number of urea groups is 1. The molecule has 5 rings (SSSR count). The fourth-order valence-electron chi connectivity index (χ4n) is 6.58. The zero-order valence-electron chi connectivity index (χ0n) is 29.3. The van der Waals surface area contributed by atoms with Gasteiger partial charge < -0.3 is 24.8 Å². The van der Waals surface area contributed by atoms with Crippen molar-refractivity contribution in [3.63, 3.8) is 0 Å². The van der Waals surface area contributed by atoms with E-state index in [2.05, 4.69) is 36.6 Å². The lowest BCUT2D eigenvalue weighted by molar-refractivity contribution is -0.290. The maximum atomic E-state index is 14.2. The molecule has 0 unspecified atom stereocenters. The number of hydrogen-bond donors (Lipinski definition) is 2. The standard InChI is InChI=1S/C39H48FN3O5/c1-23(2)35-31(19-18-28-21-29(47-39(6,7)46-28)22-33(44)48-38(3,4)5)34(25-12-15-26(40)16-13-25)30-11-9-10-24-14-17-27(42-37(45)41-8)20-32(24)36(30)43-35/h12-20,23,28-29H,9-11,21-22H2,1-8H3,(H2,41,42,45)/b19-18+/t28-,29-/m1/s1. The zero-order valence-corrected chi connectivity index (χ0v) is 29.3. The molecule has 2 amide bonds. The normalized spacial score (nSPS) is 19.0. The first-order valence-electron chi connectivity index (χ1n) is 16.8. The van der Waals surface area contributed by atoms with Crippen LogP contribution in [0.15, 0.2) is 48.5 Å². The van der Waals surface area contributed by atoms with Crippen molar-refractivity contribution in [1.29, 1.82) is 0 Å². The fourth-order valence-corrected chi connectivity index (χ4v) is 6.58. The third-order valence-corrected chi connectivity index (χ3v) is 8.44. The fraction of sp³-hybridized carbons (Fsp3) is 0.462. The second kappa shape index (κ2) is 14.2. The Kier molecular flexibility index (Phi) is 10.4. The molecule has 0 saturated carbocycles. The largest absolute Gasteiger partial charge is 0.460 e. The highest BCUT2D eigenvalue weighted by Crippen LogP contribution is 2.43. The number of pyridine rings is 1. The molecule has 1 aromatic heterocycles. The second-order valence-electron chi connectivity index (χ2n) is 14.4. The van der Waals surface area contributed by atoms with Crippen LogP contribution in [0.4, 0.5) is 14.9 Å². The molecule has 9 heteroatoms. The van der Waals surface area contributed by atoms with Crippen LogP contribution in [0.2, 0.25) is 0 Å². The van der Waals surface area contributed by atoms with E-state index in [-0.39, 0.29) is 42.4 Å². The summed E-state index contributed by atoms with van der Waals surface area (Å²) < 4.78 is 32.3. The van der Waals surface area contributed by atoms with Gasteiger partial charge in [-0.05, 0) is 106 Å². The number of carbonyl (C=O) groups is 2. The number of nitrogens with one attached hydrogen (secondary N) is 2. The highest BCUT2D eigenvalue weighted by atomic mass is 19.1. The van der Waals surface area contributed by atoms with Gasteiger partial charge in [-0.15, -0.1) is 0 Å². The van der Waals surface area contributed by atoms with Crippen LogP contribution >= 0.6 is 0 Å². The highest BCUT2D eigenvalue weighted by Gasteiger charge is 2.36. The van der Waals surface area contributed by atoms with Crippen molar-refractivity contribution in [3.05, 3.63) is 76.7 Å². The summed E-state index contributed by atoms with van der Waals surface area (Å²) in [5.74, 6) is -1.46. The Morgan fingerprint density at radius 2 is 1.83 bits per heavy atom. The van der Waals surface area contributed by atoms with Crippen LogP contribution in [0.1, 0.15) is 96.0 Å². The highest BCUT2D eigenvalue weighted by molar-refractivity contribution is 5.91. The van der Waals surface area contributed by atoms with E-state index in [4.69, 9.17) is 19.2 Å². The van der Waals surface area contributed by atoms with Crippen molar-refractivity contribution in [1.82, 2.24) is 10.3 Å². The first-order valence-corrected chi connectivity index (χ1v) is 16.8. The number of carbonyl (C=O) groups excluding carboxylic acids is 2. The zero-order chi connectivity index (χ0) is 34.8. The van der Waals surface area contributed by atoms with E-state index in [0.29, 0.717) is 12.1 Å². The minimum atomic E-state index is -0.906. The number of nitrogens with zero attached hydrogens (tertiary/aromatic N) is 1. The van der Waals surface area contributed by atoms with Crippen molar-refractivity contribution in [2.45, 2.75) is 110 Å². The summed E-state index contributed by atoms with van der Waals surface area (Å²) in [4.78, 5) is 30.2. The molecule has 256 valence electrons. The molecular weight excluding hydrogens is 609 g/mol. The van der Waals surface area contributed by atoms with E-state index < -0.39 is 11.4 Å². The molecule has 48 heavy (non-hydrogen) atoms. The third kappa shape index (κ3) is 8.49. The monoisotopic (exact) mass is 657 g/mol. The van der Waals surface area contributed by atoms with Gasteiger partial charge in [-0.2, -0.15) is 0 Å². The summed E-state index contributed by atoms with van der Waals surface area (Å²) in [5, 5.41) is 5.51. The Hall–Kier alpha value is -4.08. The molecule has 8 nitrogen and oxygen atoms in total. The molecule has 1 fully saturated rings. The summed E-state index contributed by atoms with van der Waals surface area (Å²) in [6.07, 6.45) is 6.56. The Morgan fingerprint density at radius 3 is 2.50 bits per heavy atom. The maximum absolute atomic E-state index is 14.2. The van der Waals surface area contributed by atoms with Gasteiger partial charge >= 0.3 is 12.0 Å². The van der Waals surface area contributed by atoms with Gasteiger partial charge in [0.15, 0.2) is 5.79 Å². The number of hydrogen-bond acceptors (Lipinski definition) is 6. The van der Waals surface area contributed by atoms with E-state index in [9.17, 15) is 14.0 Å². The van der Waals surface area contributed by atoms with Gasteiger partial charge in [-0.3, -0.25) is 9.78 Å². The first kappa shape index (κ1) is 35.2. The number of halogens is 1. The number of ether oxygens (including phenoxy) is 3. The van der Waals surface area contributed by atoms with Gasteiger partial charge in [-0.1, -0.05) is 44.2 Å². The minimum Gasteiger partial charge on any atom is -0.460 e. The van der Waals surface area contributed by atoms with Crippen molar-refractivity contribution in [3.8, 4) is 22.4 Å². The van der Waals surface area contributed by atoms with Gasteiger partial charge in [0.05, 0.1) is 30.0 Å².